The number of ether oxygens (including phenoxy) is 1. The first-order valence-corrected chi connectivity index (χ1v) is 6.19. The molecule has 1 aromatic carbocycles. The summed E-state index contributed by atoms with van der Waals surface area (Å²) < 4.78 is 5.19. The minimum Gasteiger partial charge on any atom is -0.497 e. The molecule has 2 nitrogen and oxygen atoms in total. The van der Waals surface area contributed by atoms with E-state index in [-0.39, 0.29) is 0 Å². The molecule has 3 rings (SSSR count). The molecule has 0 amide bonds. The predicted octanol–water partition coefficient (Wildman–Crippen LogP) is 2.54. The summed E-state index contributed by atoms with van der Waals surface area (Å²) in [5, 5.41) is 0. The summed E-state index contributed by atoms with van der Waals surface area (Å²) >= 11 is 0. The van der Waals surface area contributed by atoms with Crippen molar-refractivity contribution in [1.82, 2.24) is 0 Å². The third kappa shape index (κ3) is 1.44. The van der Waals surface area contributed by atoms with Crippen molar-refractivity contribution >= 4 is 0 Å². The molecule has 0 heterocycles. The van der Waals surface area contributed by atoms with Crippen LogP contribution in [0.1, 0.15) is 30.7 Å². The molecule has 4 atom stereocenters. The van der Waals surface area contributed by atoms with Crippen LogP contribution in [-0.2, 0) is 0 Å². The lowest BCUT2D eigenvalue weighted by Gasteiger charge is -2.28. The van der Waals surface area contributed by atoms with Crippen LogP contribution in [0, 0.1) is 11.8 Å². The minimum absolute atomic E-state index is 0.382. The molecule has 2 aliphatic rings. The lowest BCUT2D eigenvalue weighted by atomic mass is 9.80. The molecular weight excluding hydrogens is 198 g/mol. The van der Waals surface area contributed by atoms with Gasteiger partial charge in [0.25, 0.3) is 0 Å². The zero-order valence-corrected chi connectivity index (χ0v) is 9.73. The van der Waals surface area contributed by atoms with Gasteiger partial charge >= 0.3 is 0 Å². The number of benzene rings is 1. The first-order chi connectivity index (χ1) is 7.79. The maximum atomic E-state index is 6.34. The summed E-state index contributed by atoms with van der Waals surface area (Å²) in [6.45, 7) is 0. The molecule has 2 heteroatoms. The fraction of sp³-hybridized carbons (Fsp3) is 0.571. The van der Waals surface area contributed by atoms with Gasteiger partial charge in [-0.05, 0) is 48.8 Å². The third-order valence-corrected chi connectivity index (χ3v) is 4.48. The first kappa shape index (κ1) is 10.2. The van der Waals surface area contributed by atoms with E-state index < -0.39 is 0 Å². The van der Waals surface area contributed by atoms with Crippen molar-refractivity contribution < 1.29 is 4.74 Å². The Labute approximate surface area is 96.8 Å². The van der Waals surface area contributed by atoms with Gasteiger partial charge in [-0.15, -0.1) is 0 Å². The van der Waals surface area contributed by atoms with Crippen LogP contribution in [-0.4, -0.2) is 13.2 Å². The highest BCUT2D eigenvalue weighted by molar-refractivity contribution is 5.32. The number of hydrogen-bond donors (Lipinski definition) is 1. The van der Waals surface area contributed by atoms with Gasteiger partial charge in [0.2, 0.25) is 0 Å². The van der Waals surface area contributed by atoms with Crippen molar-refractivity contribution in [3.05, 3.63) is 29.8 Å². The van der Waals surface area contributed by atoms with E-state index in [0.29, 0.717) is 12.0 Å². The van der Waals surface area contributed by atoms with E-state index in [4.69, 9.17) is 10.5 Å². The lowest BCUT2D eigenvalue weighted by molar-refractivity contribution is 0.365. The minimum atomic E-state index is 0.382. The maximum Gasteiger partial charge on any atom is 0.118 e. The molecule has 0 aromatic heterocycles. The number of hydrogen-bond acceptors (Lipinski definition) is 2. The highest BCUT2D eigenvalue weighted by Gasteiger charge is 2.46. The summed E-state index contributed by atoms with van der Waals surface area (Å²) in [6, 6.07) is 8.85. The molecule has 2 N–H and O–H groups in total. The van der Waals surface area contributed by atoms with Crippen LogP contribution in [0.5, 0.6) is 5.75 Å². The van der Waals surface area contributed by atoms with Gasteiger partial charge < -0.3 is 10.5 Å². The van der Waals surface area contributed by atoms with Crippen LogP contribution >= 0.6 is 0 Å². The summed E-state index contributed by atoms with van der Waals surface area (Å²) in [6.07, 6.45) is 4.06. The normalized spacial score (nSPS) is 36.6. The molecule has 2 aliphatic carbocycles. The third-order valence-electron chi connectivity index (χ3n) is 4.48. The second-order valence-corrected chi connectivity index (χ2v) is 5.21. The maximum absolute atomic E-state index is 6.34. The predicted molar refractivity (Wildman–Crippen MR) is 64.5 cm³/mol. The van der Waals surface area contributed by atoms with Crippen molar-refractivity contribution in [3.8, 4) is 5.75 Å². The van der Waals surface area contributed by atoms with Crippen LogP contribution in [0.3, 0.4) is 0 Å². The molecule has 1 aromatic rings. The Hall–Kier alpha value is -1.02. The molecular formula is C14H19NO. The van der Waals surface area contributed by atoms with E-state index in [1.54, 1.807) is 7.11 Å². The molecule has 16 heavy (non-hydrogen) atoms. The van der Waals surface area contributed by atoms with E-state index in [1.165, 1.54) is 24.8 Å². The van der Waals surface area contributed by atoms with Crippen molar-refractivity contribution in [2.24, 2.45) is 17.6 Å². The van der Waals surface area contributed by atoms with E-state index in [1.807, 2.05) is 12.1 Å². The summed E-state index contributed by atoms with van der Waals surface area (Å²) in [5.41, 5.74) is 7.74. The molecule has 0 radical (unpaired) electrons. The molecule has 0 saturated heterocycles. The van der Waals surface area contributed by atoms with Crippen LogP contribution < -0.4 is 10.5 Å². The topological polar surface area (TPSA) is 35.2 Å². The van der Waals surface area contributed by atoms with E-state index in [2.05, 4.69) is 12.1 Å². The Balaban J connectivity index is 1.86. The van der Waals surface area contributed by atoms with Gasteiger partial charge in [-0.25, -0.2) is 0 Å². The monoisotopic (exact) mass is 217 g/mol. The van der Waals surface area contributed by atoms with Crippen molar-refractivity contribution in [3.63, 3.8) is 0 Å². The second-order valence-electron chi connectivity index (χ2n) is 5.21. The molecule has 2 saturated carbocycles. The number of methoxy groups -OCH3 is 1. The molecule has 0 aliphatic heterocycles. The summed E-state index contributed by atoms with van der Waals surface area (Å²) in [4.78, 5) is 0. The quantitative estimate of drug-likeness (QED) is 0.826. The van der Waals surface area contributed by atoms with Gasteiger partial charge in [0.05, 0.1) is 7.11 Å². The Bertz CT molecular complexity index is 371. The SMILES string of the molecule is COc1ccc([C@H]2[C@@H]3CC[C@@H](C3)[C@@H]2N)cc1. The van der Waals surface area contributed by atoms with Gasteiger partial charge in [0.1, 0.15) is 5.75 Å². The van der Waals surface area contributed by atoms with Gasteiger partial charge in [-0.3, -0.25) is 0 Å². The summed E-state index contributed by atoms with van der Waals surface area (Å²) in [7, 11) is 1.71. The average Bonchev–Trinajstić information content (AvgIpc) is 2.90. The summed E-state index contributed by atoms with van der Waals surface area (Å²) in [5.74, 6) is 3.12. The van der Waals surface area contributed by atoms with Gasteiger partial charge in [-0.2, -0.15) is 0 Å². The van der Waals surface area contributed by atoms with Crippen molar-refractivity contribution in [2.45, 2.75) is 31.2 Å². The van der Waals surface area contributed by atoms with Crippen LogP contribution in [0.2, 0.25) is 0 Å². The first-order valence-electron chi connectivity index (χ1n) is 6.19. The largest absolute Gasteiger partial charge is 0.497 e. The van der Waals surface area contributed by atoms with Crippen LogP contribution in [0.15, 0.2) is 24.3 Å². The Kier molecular flexibility index (Phi) is 2.40. The lowest BCUT2D eigenvalue weighted by Crippen LogP contribution is -2.33. The number of fused-ring (bicyclic) bond motifs is 2. The number of nitrogens with two attached hydrogens (primary N) is 1. The molecule has 2 bridgehead atoms. The second kappa shape index (κ2) is 3.77. The van der Waals surface area contributed by atoms with Crippen LogP contribution in [0.4, 0.5) is 0 Å². The highest BCUT2D eigenvalue weighted by atomic mass is 16.5. The Morgan fingerprint density at radius 2 is 1.81 bits per heavy atom. The highest BCUT2D eigenvalue weighted by Crippen LogP contribution is 2.52. The fourth-order valence-corrected chi connectivity index (χ4v) is 3.66. The van der Waals surface area contributed by atoms with Crippen molar-refractivity contribution in [1.29, 1.82) is 0 Å². The van der Waals surface area contributed by atoms with Crippen molar-refractivity contribution in [2.75, 3.05) is 7.11 Å². The fourth-order valence-electron chi connectivity index (χ4n) is 3.66. The zero-order valence-electron chi connectivity index (χ0n) is 9.73. The van der Waals surface area contributed by atoms with Gasteiger partial charge in [0, 0.05) is 12.0 Å². The van der Waals surface area contributed by atoms with E-state index in [9.17, 15) is 0 Å². The Morgan fingerprint density at radius 1 is 1.12 bits per heavy atom. The molecule has 2 fully saturated rings. The van der Waals surface area contributed by atoms with Crippen LogP contribution in [0.25, 0.3) is 0 Å². The molecule has 0 unspecified atom stereocenters. The standard InChI is InChI=1S/C14H19NO/c1-16-12-6-4-9(5-7-12)13-10-2-3-11(8-10)14(13)15/h4-7,10-11,13-14H,2-3,8,15H2,1H3/t10-,11+,13+,14+/m1/s1. The average molecular weight is 217 g/mol. The van der Waals surface area contributed by atoms with Gasteiger partial charge in [-0.1, -0.05) is 12.1 Å². The van der Waals surface area contributed by atoms with E-state index >= 15 is 0 Å². The smallest absolute Gasteiger partial charge is 0.118 e. The van der Waals surface area contributed by atoms with E-state index in [0.717, 1.165) is 17.6 Å². The number of rotatable bonds is 2. The molecule has 0 spiro atoms. The molecule has 86 valence electrons. The Morgan fingerprint density at radius 3 is 2.38 bits per heavy atom. The zero-order chi connectivity index (χ0) is 11.1. The van der Waals surface area contributed by atoms with Gasteiger partial charge in [0.15, 0.2) is 0 Å².